The van der Waals surface area contributed by atoms with Gasteiger partial charge < -0.3 is 14.7 Å². The average Bonchev–Trinajstić information content (AvgIpc) is 2.46. The smallest absolute Gasteiger partial charge is 0.387 e. The fourth-order valence-corrected chi connectivity index (χ4v) is 2.60. The van der Waals surface area contributed by atoms with Gasteiger partial charge in [-0.05, 0) is 30.9 Å². The molecule has 1 aliphatic rings. The lowest BCUT2D eigenvalue weighted by atomic mass is 9.93. The van der Waals surface area contributed by atoms with E-state index in [-0.39, 0.29) is 23.7 Å². The Balaban J connectivity index is 2.00. The van der Waals surface area contributed by atoms with E-state index in [0.29, 0.717) is 25.9 Å². The third-order valence-electron chi connectivity index (χ3n) is 3.76. The van der Waals surface area contributed by atoms with Gasteiger partial charge in [0.25, 0.3) is 5.91 Å². The van der Waals surface area contributed by atoms with Crippen LogP contribution in [0.3, 0.4) is 0 Å². The zero-order valence-corrected chi connectivity index (χ0v) is 12.2. The molecule has 1 aliphatic heterocycles. The fraction of sp³-hybridized carbons (Fsp3) is 0.467. The molecule has 1 fully saturated rings. The number of likely N-dealkylation sites (tertiary alicyclic amines) is 1. The second-order valence-corrected chi connectivity index (χ2v) is 5.35. The maximum atomic E-state index is 13.9. The highest BCUT2D eigenvalue weighted by Crippen LogP contribution is 2.24. The SMILES string of the molecule is O=C(O)CC1CCN(C(=O)c2ccc(OC(F)F)cc2F)CC1. The number of carbonyl (C=O) groups excluding carboxylic acids is 1. The third kappa shape index (κ3) is 4.61. The van der Waals surface area contributed by atoms with Crippen molar-refractivity contribution in [3.05, 3.63) is 29.6 Å². The van der Waals surface area contributed by atoms with E-state index in [9.17, 15) is 22.8 Å². The quantitative estimate of drug-likeness (QED) is 0.901. The highest BCUT2D eigenvalue weighted by atomic mass is 19.3. The zero-order valence-electron chi connectivity index (χ0n) is 12.2. The summed E-state index contributed by atoms with van der Waals surface area (Å²) in [6.07, 6.45) is 1.12. The number of piperidine rings is 1. The van der Waals surface area contributed by atoms with Crippen LogP contribution in [0.25, 0.3) is 0 Å². The number of halogens is 3. The van der Waals surface area contributed by atoms with Gasteiger partial charge in [0, 0.05) is 25.6 Å². The van der Waals surface area contributed by atoms with Crippen LogP contribution in [0.2, 0.25) is 0 Å². The van der Waals surface area contributed by atoms with Crippen molar-refractivity contribution in [3.8, 4) is 5.75 Å². The van der Waals surface area contributed by atoms with Crippen LogP contribution < -0.4 is 4.74 Å². The molecule has 1 aromatic rings. The highest BCUT2D eigenvalue weighted by molar-refractivity contribution is 5.94. The van der Waals surface area contributed by atoms with Gasteiger partial charge in [-0.15, -0.1) is 0 Å². The number of benzene rings is 1. The van der Waals surface area contributed by atoms with Gasteiger partial charge in [0.05, 0.1) is 5.56 Å². The van der Waals surface area contributed by atoms with Crippen molar-refractivity contribution in [2.24, 2.45) is 5.92 Å². The Morgan fingerprint density at radius 2 is 1.96 bits per heavy atom. The first-order valence-electron chi connectivity index (χ1n) is 7.12. The molecule has 1 amide bonds. The number of alkyl halides is 2. The molecule has 1 N–H and O–H groups in total. The minimum Gasteiger partial charge on any atom is -0.481 e. The van der Waals surface area contributed by atoms with Crippen LogP contribution >= 0.6 is 0 Å². The van der Waals surface area contributed by atoms with Crippen LogP contribution in [-0.4, -0.2) is 41.6 Å². The van der Waals surface area contributed by atoms with E-state index < -0.39 is 24.3 Å². The van der Waals surface area contributed by atoms with Gasteiger partial charge in [-0.2, -0.15) is 8.78 Å². The van der Waals surface area contributed by atoms with E-state index in [0.717, 1.165) is 18.2 Å². The van der Waals surface area contributed by atoms with Gasteiger partial charge in [-0.25, -0.2) is 4.39 Å². The summed E-state index contributed by atoms with van der Waals surface area (Å²) in [4.78, 5) is 24.4. The first kappa shape index (κ1) is 17.1. The Hall–Kier alpha value is -2.25. The van der Waals surface area contributed by atoms with E-state index in [2.05, 4.69) is 4.74 Å². The Morgan fingerprint density at radius 3 is 2.48 bits per heavy atom. The predicted octanol–water partition coefficient (Wildman–Crippen LogP) is 2.75. The molecule has 0 unspecified atom stereocenters. The molecule has 0 aromatic heterocycles. The number of ether oxygens (including phenoxy) is 1. The number of carbonyl (C=O) groups is 2. The third-order valence-corrected chi connectivity index (χ3v) is 3.76. The fourth-order valence-electron chi connectivity index (χ4n) is 2.60. The van der Waals surface area contributed by atoms with Crippen molar-refractivity contribution in [1.29, 1.82) is 0 Å². The van der Waals surface area contributed by atoms with E-state index in [1.54, 1.807) is 0 Å². The number of nitrogens with zero attached hydrogens (tertiary/aromatic N) is 1. The van der Waals surface area contributed by atoms with Gasteiger partial charge in [-0.3, -0.25) is 9.59 Å². The number of hydrogen-bond acceptors (Lipinski definition) is 3. The first-order chi connectivity index (χ1) is 10.9. The van der Waals surface area contributed by atoms with Gasteiger partial charge in [0.15, 0.2) is 0 Å². The van der Waals surface area contributed by atoms with Crippen LogP contribution in [-0.2, 0) is 4.79 Å². The number of hydrogen-bond donors (Lipinski definition) is 1. The van der Waals surface area contributed by atoms with E-state index in [1.165, 1.54) is 4.90 Å². The summed E-state index contributed by atoms with van der Waals surface area (Å²) in [5, 5.41) is 8.75. The van der Waals surface area contributed by atoms with Crippen molar-refractivity contribution in [3.63, 3.8) is 0 Å². The number of aliphatic carboxylic acids is 1. The van der Waals surface area contributed by atoms with Gasteiger partial charge in [0.2, 0.25) is 0 Å². The lowest BCUT2D eigenvalue weighted by Crippen LogP contribution is -2.39. The second-order valence-electron chi connectivity index (χ2n) is 5.35. The van der Waals surface area contributed by atoms with Crippen LogP contribution in [0.15, 0.2) is 18.2 Å². The van der Waals surface area contributed by atoms with Crippen LogP contribution in [0.4, 0.5) is 13.2 Å². The van der Waals surface area contributed by atoms with Crippen molar-refractivity contribution in [2.75, 3.05) is 13.1 Å². The molecule has 8 heteroatoms. The minimum atomic E-state index is -3.07. The largest absolute Gasteiger partial charge is 0.481 e. The highest BCUT2D eigenvalue weighted by Gasteiger charge is 2.26. The van der Waals surface area contributed by atoms with Gasteiger partial charge in [0.1, 0.15) is 11.6 Å². The number of rotatable bonds is 5. The molecule has 0 spiro atoms. The molecule has 0 atom stereocenters. The summed E-state index contributed by atoms with van der Waals surface area (Å²) in [6.45, 7) is -2.39. The summed E-state index contributed by atoms with van der Waals surface area (Å²) in [5.41, 5.74) is -0.219. The molecule has 1 aromatic carbocycles. The molecule has 0 radical (unpaired) electrons. The monoisotopic (exact) mass is 331 g/mol. The summed E-state index contributed by atoms with van der Waals surface area (Å²) >= 11 is 0. The lowest BCUT2D eigenvalue weighted by Gasteiger charge is -2.31. The molecular formula is C15H16F3NO4. The van der Waals surface area contributed by atoms with E-state index >= 15 is 0 Å². The molecule has 2 rings (SSSR count). The Labute approximate surface area is 130 Å². The van der Waals surface area contributed by atoms with E-state index in [1.807, 2.05) is 0 Å². The molecule has 1 saturated heterocycles. The van der Waals surface area contributed by atoms with Crippen LogP contribution in [0.1, 0.15) is 29.6 Å². The molecule has 0 saturated carbocycles. The molecule has 0 bridgehead atoms. The molecule has 126 valence electrons. The van der Waals surface area contributed by atoms with Gasteiger partial charge >= 0.3 is 12.6 Å². The molecule has 23 heavy (non-hydrogen) atoms. The number of carboxylic acid groups (broad SMARTS) is 1. The maximum Gasteiger partial charge on any atom is 0.387 e. The normalized spacial score (nSPS) is 15.7. The zero-order chi connectivity index (χ0) is 17.0. The number of amides is 1. The summed E-state index contributed by atoms with van der Waals surface area (Å²) in [6, 6.07) is 2.97. The van der Waals surface area contributed by atoms with Gasteiger partial charge in [-0.1, -0.05) is 0 Å². The number of carboxylic acids is 1. The van der Waals surface area contributed by atoms with Crippen molar-refractivity contribution >= 4 is 11.9 Å². The summed E-state index contributed by atoms with van der Waals surface area (Å²) in [7, 11) is 0. The van der Waals surface area contributed by atoms with Crippen LogP contribution in [0.5, 0.6) is 5.75 Å². The van der Waals surface area contributed by atoms with Crippen molar-refractivity contribution < 1.29 is 32.6 Å². The second kappa shape index (κ2) is 7.34. The first-order valence-corrected chi connectivity index (χ1v) is 7.12. The maximum absolute atomic E-state index is 13.9. The Morgan fingerprint density at radius 1 is 1.30 bits per heavy atom. The molecular weight excluding hydrogens is 315 g/mol. The minimum absolute atomic E-state index is 0.00298. The lowest BCUT2D eigenvalue weighted by molar-refractivity contribution is -0.138. The molecule has 0 aliphatic carbocycles. The van der Waals surface area contributed by atoms with Crippen molar-refractivity contribution in [1.82, 2.24) is 4.90 Å². The van der Waals surface area contributed by atoms with E-state index in [4.69, 9.17) is 5.11 Å². The standard InChI is InChI=1S/C15H16F3NO4/c16-12-8-10(23-15(17)18)1-2-11(12)14(22)19-5-3-9(4-6-19)7-13(20)21/h1-2,8-9,15H,3-7H2,(H,20,21). The topological polar surface area (TPSA) is 66.8 Å². The van der Waals surface area contributed by atoms with Crippen molar-refractivity contribution in [2.45, 2.75) is 25.9 Å². The summed E-state index contributed by atoms with van der Waals surface area (Å²) < 4.78 is 42.1. The van der Waals surface area contributed by atoms with Crippen LogP contribution in [0, 0.1) is 11.7 Å². The Kier molecular flexibility index (Phi) is 5.46. The summed E-state index contributed by atoms with van der Waals surface area (Å²) in [5.74, 6) is -2.70. The predicted molar refractivity (Wildman–Crippen MR) is 73.9 cm³/mol. The Bertz CT molecular complexity index is 586. The molecule has 1 heterocycles. The average molecular weight is 331 g/mol. The molecule has 5 nitrogen and oxygen atoms in total.